The van der Waals surface area contributed by atoms with Crippen molar-refractivity contribution < 1.29 is 19.8 Å². The summed E-state index contributed by atoms with van der Waals surface area (Å²) in [6, 6.07) is -0.787. The Morgan fingerprint density at radius 2 is 1.03 bits per heavy atom. The Bertz CT molecular complexity index is 542. The van der Waals surface area contributed by atoms with Gasteiger partial charge in [0.05, 0.1) is 23.3 Å². The van der Waals surface area contributed by atoms with E-state index in [0.717, 1.165) is 0 Å². The van der Waals surface area contributed by atoms with Gasteiger partial charge < -0.3 is 20.8 Å². The van der Waals surface area contributed by atoms with Gasteiger partial charge in [0.15, 0.2) is 0 Å². The van der Waals surface area contributed by atoms with Crippen LogP contribution in [0.5, 0.6) is 0 Å². The average Bonchev–Trinajstić information content (AvgIpc) is 3.53. The van der Waals surface area contributed by atoms with Crippen LogP contribution in [0.2, 0.25) is 0 Å². The molecule has 31 heavy (non-hydrogen) atoms. The molecule has 2 atom stereocenters. The first-order valence-electron chi connectivity index (χ1n) is 12.4. The summed E-state index contributed by atoms with van der Waals surface area (Å²) < 4.78 is 0. The molecule has 6 heteroatoms. The molecular formula is C25H48N2O4. The molecular weight excluding hydrogens is 392 g/mol. The van der Waals surface area contributed by atoms with E-state index in [1.165, 1.54) is 0 Å². The molecule has 6 nitrogen and oxygen atoms in total. The van der Waals surface area contributed by atoms with E-state index in [1.54, 1.807) is 0 Å². The molecule has 2 amide bonds. The summed E-state index contributed by atoms with van der Waals surface area (Å²) in [5.41, 5.74) is -3.07. The Morgan fingerprint density at radius 3 is 1.23 bits per heavy atom. The van der Waals surface area contributed by atoms with Gasteiger partial charge in [0.25, 0.3) is 0 Å². The largest absolute Gasteiger partial charge is 0.388 e. The first-order chi connectivity index (χ1) is 14.3. The van der Waals surface area contributed by atoms with Gasteiger partial charge in [0, 0.05) is 0 Å². The fourth-order valence-electron chi connectivity index (χ4n) is 4.53. The van der Waals surface area contributed by atoms with Crippen LogP contribution in [-0.2, 0) is 9.59 Å². The van der Waals surface area contributed by atoms with Gasteiger partial charge in [-0.1, -0.05) is 55.4 Å². The predicted molar refractivity (Wildman–Crippen MR) is 126 cm³/mol. The van der Waals surface area contributed by atoms with Gasteiger partial charge in [-0.3, -0.25) is 9.59 Å². The van der Waals surface area contributed by atoms with Crippen molar-refractivity contribution in [3.63, 3.8) is 0 Å². The number of rotatable bonds is 14. The molecule has 0 unspecified atom stereocenters. The monoisotopic (exact) mass is 440 g/mol. The van der Waals surface area contributed by atoms with Crippen molar-refractivity contribution in [3.8, 4) is 0 Å². The molecule has 0 bridgehead atoms. The van der Waals surface area contributed by atoms with Crippen LogP contribution >= 0.6 is 0 Å². The molecule has 1 saturated carbocycles. The summed E-state index contributed by atoms with van der Waals surface area (Å²) in [5.74, 6) is 0.0171. The zero-order valence-electron chi connectivity index (χ0n) is 21.2. The maximum atomic E-state index is 13.3. The summed E-state index contributed by atoms with van der Waals surface area (Å²) in [6.07, 6.45) is 4.47. The third-order valence-electron chi connectivity index (χ3n) is 7.39. The average molecular weight is 441 g/mol. The molecule has 1 fully saturated rings. The van der Waals surface area contributed by atoms with Crippen LogP contribution in [0.3, 0.4) is 0 Å². The van der Waals surface area contributed by atoms with E-state index in [4.69, 9.17) is 0 Å². The fraction of sp³-hybridized carbons (Fsp3) is 0.920. The summed E-state index contributed by atoms with van der Waals surface area (Å²) in [7, 11) is 0. The van der Waals surface area contributed by atoms with Crippen molar-refractivity contribution in [1.29, 1.82) is 0 Å². The molecule has 0 radical (unpaired) electrons. The predicted octanol–water partition coefficient (Wildman–Crippen LogP) is 3.93. The van der Waals surface area contributed by atoms with Gasteiger partial charge in [-0.15, -0.1) is 0 Å². The smallest absolute Gasteiger partial charge is 0.236 e. The zero-order valence-corrected chi connectivity index (χ0v) is 21.2. The van der Waals surface area contributed by atoms with E-state index in [9.17, 15) is 19.8 Å². The van der Waals surface area contributed by atoms with Crippen LogP contribution in [-0.4, -0.2) is 45.3 Å². The third-order valence-corrected chi connectivity index (χ3v) is 7.39. The van der Waals surface area contributed by atoms with Gasteiger partial charge in [-0.05, 0) is 63.2 Å². The number of hydrogen-bond donors (Lipinski definition) is 4. The van der Waals surface area contributed by atoms with Crippen molar-refractivity contribution in [2.75, 3.05) is 0 Å². The van der Waals surface area contributed by atoms with E-state index in [2.05, 4.69) is 38.3 Å². The van der Waals surface area contributed by atoms with E-state index in [1.807, 2.05) is 27.7 Å². The Balaban J connectivity index is 3.04. The van der Waals surface area contributed by atoms with Gasteiger partial charge >= 0.3 is 0 Å². The minimum Gasteiger partial charge on any atom is -0.388 e. The number of nitrogens with one attached hydrogen (secondary N) is 2. The van der Waals surface area contributed by atoms with E-state index in [0.29, 0.717) is 63.2 Å². The van der Waals surface area contributed by atoms with Crippen molar-refractivity contribution >= 4 is 11.8 Å². The number of hydrogen-bond acceptors (Lipinski definition) is 4. The highest BCUT2D eigenvalue weighted by Gasteiger charge is 2.58. The normalized spacial score (nSPS) is 18.1. The molecule has 0 aromatic heterocycles. The zero-order chi connectivity index (χ0) is 24.0. The van der Waals surface area contributed by atoms with Crippen molar-refractivity contribution in [1.82, 2.24) is 10.6 Å². The molecule has 0 spiro atoms. The van der Waals surface area contributed by atoms with E-state index in [-0.39, 0.29) is 11.8 Å². The lowest BCUT2D eigenvalue weighted by Crippen LogP contribution is -2.58. The standard InChI is InChI=1S/C25H48N2O4/c1-9-24(30,10-2)19(15-17(5)6)26-21(28)23(13-14-23)22(29)27-20(16-18(7)8)25(31,11-3)12-4/h17-20,30-31H,9-16H2,1-8H3,(H,26,28)(H,27,29)/t19-,20-/m1/s1. The maximum Gasteiger partial charge on any atom is 0.236 e. The van der Waals surface area contributed by atoms with Crippen molar-refractivity contribution in [3.05, 3.63) is 0 Å². The minimum atomic E-state index is -1.09. The first kappa shape index (κ1) is 27.9. The molecule has 0 aromatic rings. The second kappa shape index (κ2) is 11.1. The summed E-state index contributed by atoms with van der Waals surface area (Å²) in [4.78, 5) is 26.6. The van der Waals surface area contributed by atoms with Crippen molar-refractivity contribution in [2.45, 2.75) is 130 Å². The molecule has 1 rings (SSSR count). The van der Waals surface area contributed by atoms with Crippen LogP contribution in [0.4, 0.5) is 0 Å². The Morgan fingerprint density at radius 1 is 0.742 bits per heavy atom. The second-order valence-electron chi connectivity index (χ2n) is 10.5. The minimum absolute atomic E-state index is 0.296. The van der Waals surface area contributed by atoms with E-state index < -0.39 is 28.7 Å². The highest BCUT2D eigenvalue weighted by molar-refractivity contribution is 6.08. The summed E-state index contributed by atoms with van der Waals surface area (Å²) in [6.45, 7) is 16.0. The Labute approximate surface area is 190 Å². The van der Waals surface area contributed by atoms with Gasteiger partial charge in [0.1, 0.15) is 5.41 Å². The SMILES string of the molecule is CCC(O)(CC)[C@@H](CC(C)C)NC(=O)C1(C(=O)N[C@H](CC(C)C)C(O)(CC)CC)CC1. The van der Waals surface area contributed by atoms with E-state index >= 15 is 0 Å². The van der Waals surface area contributed by atoms with Crippen LogP contribution in [0.1, 0.15) is 107 Å². The molecule has 0 heterocycles. The molecule has 182 valence electrons. The lowest BCUT2D eigenvalue weighted by atomic mass is 9.82. The van der Waals surface area contributed by atoms with Crippen LogP contribution in [0, 0.1) is 17.3 Å². The highest BCUT2D eigenvalue weighted by atomic mass is 16.3. The lowest BCUT2D eigenvalue weighted by Gasteiger charge is -2.38. The molecule has 1 aliphatic carbocycles. The van der Waals surface area contributed by atoms with Crippen LogP contribution < -0.4 is 10.6 Å². The topological polar surface area (TPSA) is 98.7 Å². The fourth-order valence-corrected chi connectivity index (χ4v) is 4.53. The number of carbonyl (C=O) groups is 2. The van der Waals surface area contributed by atoms with Crippen LogP contribution in [0.25, 0.3) is 0 Å². The number of aliphatic hydroxyl groups is 2. The second-order valence-corrected chi connectivity index (χ2v) is 10.5. The van der Waals surface area contributed by atoms with Crippen LogP contribution in [0.15, 0.2) is 0 Å². The molecule has 0 aromatic carbocycles. The number of amides is 2. The Kier molecular flexibility index (Phi) is 10.0. The molecule has 4 N–H and O–H groups in total. The molecule has 0 saturated heterocycles. The maximum absolute atomic E-state index is 13.3. The van der Waals surface area contributed by atoms with Gasteiger partial charge in [0.2, 0.25) is 11.8 Å². The summed E-state index contributed by atoms with van der Waals surface area (Å²) >= 11 is 0. The molecule has 0 aliphatic heterocycles. The Hall–Kier alpha value is -1.14. The van der Waals surface area contributed by atoms with Gasteiger partial charge in [-0.25, -0.2) is 0 Å². The van der Waals surface area contributed by atoms with Gasteiger partial charge in [-0.2, -0.15) is 0 Å². The molecule has 1 aliphatic rings. The lowest BCUT2D eigenvalue weighted by molar-refractivity contribution is -0.141. The van der Waals surface area contributed by atoms with Crippen molar-refractivity contribution in [2.24, 2.45) is 17.3 Å². The first-order valence-corrected chi connectivity index (χ1v) is 12.4. The third kappa shape index (κ3) is 6.67. The highest BCUT2D eigenvalue weighted by Crippen LogP contribution is 2.47. The quantitative estimate of drug-likeness (QED) is 0.308. The number of carbonyl (C=O) groups excluding carboxylic acids is 2. The summed E-state index contributed by atoms with van der Waals surface area (Å²) in [5, 5.41) is 28.2.